The molecule has 0 fully saturated rings. The van der Waals surface area contributed by atoms with Gasteiger partial charge in [0.05, 0.1) is 12.3 Å². The fourth-order valence-corrected chi connectivity index (χ4v) is 2.50. The Morgan fingerprint density at radius 2 is 1.79 bits per heavy atom. The first kappa shape index (κ1) is 19.5. The topological polar surface area (TPSA) is 76.5 Å². The van der Waals surface area contributed by atoms with Gasteiger partial charge in [-0.05, 0) is 13.0 Å². The van der Waals surface area contributed by atoms with Gasteiger partial charge in [-0.1, -0.05) is 0 Å². The molecule has 3 aromatic rings. The summed E-state index contributed by atoms with van der Waals surface area (Å²) in [5, 5.41) is 1.71. The molecule has 0 amide bonds. The van der Waals surface area contributed by atoms with E-state index in [1.807, 2.05) is 0 Å². The highest BCUT2D eigenvalue weighted by Crippen LogP contribution is 2.33. The molecule has 0 unspecified atom stereocenters. The van der Waals surface area contributed by atoms with Crippen LogP contribution >= 0.6 is 0 Å². The van der Waals surface area contributed by atoms with Crippen molar-refractivity contribution in [3.05, 3.63) is 57.3 Å². The number of rotatable bonds is 3. The van der Waals surface area contributed by atoms with Crippen LogP contribution in [0.4, 0.5) is 26.3 Å². The fraction of sp³-hybridized carbons (Fsp3) is 0.188. The van der Waals surface area contributed by atoms with Crippen molar-refractivity contribution in [3.63, 3.8) is 0 Å². The maximum absolute atomic E-state index is 14.0. The maximum Gasteiger partial charge on any atom is 0.433 e. The molecule has 0 saturated carbocycles. The molecule has 148 valence electrons. The molecule has 2 heterocycles. The summed E-state index contributed by atoms with van der Waals surface area (Å²) in [5.74, 6) is -5.70. The van der Waals surface area contributed by atoms with Crippen LogP contribution in [0.5, 0.6) is 0 Å². The summed E-state index contributed by atoms with van der Waals surface area (Å²) in [6.07, 6.45) is -5.07. The fourth-order valence-electron chi connectivity index (χ4n) is 2.50. The molecule has 0 aliphatic rings. The predicted octanol–water partition coefficient (Wildman–Crippen LogP) is 3.30. The van der Waals surface area contributed by atoms with Gasteiger partial charge >= 0.3 is 12.1 Å². The molecule has 0 saturated heterocycles. The van der Waals surface area contributed by atoms with Crippen LogP contribution in [0.1, 0.15) is 23.0 Å². The van der Waals surface area contributed by atoms with Crippen LogP contribution in [0.25, 0.3) is 16.9 Å². The Labute approximate surface area is 151 Å². The maximum atomic E-state index is 14.0. The Kier molecular flexibility index (Phi) is 4.65. The minimum atomic E-state index is -5.07. The third kappa shape index (κ3) is 3.21. The van der Waals surface area contributed by atoms with Gasteiger partial charge in [0.25, 0.3) is 5.56 Å². The molecule has 1 N–H and O–H groups in total. The normalized spacial score (nSPS) is 11.8. The van der Waals surface area contributed by atoms with E-state index in [0.29, 0.717) is 16.6 Å². The van der Waals surface area contributed by atoms with E-state index < -0.39 is 63.3 Å². The predicted molar refractivity (Wildman–Crippen MR) is 82.1 cm³/mol. The molecule has 2 aromatic heterocycles. The zero-order chi connectivity index (χ0) is 20.8. The van der Waals surface area contributed by atoms with Crippen molar-refractivity contribution in [1.82, 2.24) is 14.6 Å². The molecule has 0 spiro atoms. The lowest BCUT2D eigenvalue weighted by molar-refractivity contribution is -0.141. The number of aromatic nitrogens is 3. The monoisotopic (exact) mass is 405 g/mol. The van der Waals surface area contributed by atoms with Crippen LogP contribution < -0.4 is 5.56 Å². The highest BCUT2D eigenvalue weighted by molar-refractivity contribution is 5.97. The Balaban J connectivity index is 2.36. The van der Waals surface area contributed by atoms with Gasteiger partial charge in [-0.25, -0.2) is 27.5 Å². The van der Waals surface area contributed by atoms with Crippen LogP contribution in [0.2, 0.25) is 0 Å². The van der Waals surface area contributed by atoms with E-state index in [9.17, 15) is 35.9 Å². The summed E-state index contributed by atoms with van der Waals surface area (Å²) in [6, 6.07) is 1.19. The number of fused-ring (bicyclic) bond motifs is 1. The number of esters is 1. The minimum Gasteiger partial charge on any atom is -0.462 e. The van der Waals surface area contributed by atoms with Crippen LogP contribution in [0.15, 0.2) is 23.0 Å². The van der Waals surface area contributed by atoms with E-state index in [-0.39, 0.29) is 12.7 Å². The van der Waals surface area contributed by atoms with Crippen LogP contribution in [0, 0.1) is 17.5 Å². The van der Waals surface area contributed by atoms with Gasteiger partial charge in [-0.15, -0.1) is 0 Å². The largest absolute Gasteiger partial charge is 0.462 e. The van der Waals surface area contributed by atoms with Gasteiger partial charge < -0.3 is 4.74 Å². The van der Waals surface area contributed by atoms with Gasteiger partial charge in [0.1, 0.15) is 11.4 Å². The number of aromatic amines is 1. The second kappa shape index (κ2) is 6.69. The molecule has 0 atom stereocenters. The summed E-state index contributed by atoms with van der Waals surface area (Å²) < 4.78 is 85.2. The average molecular weight is 405 g/mol. The van der Waals surface area contributed by atoms with Crippen molar-refractivity contribution in [2.45, 2.75) is 13.1 Å². The summed E-state index contributed by atoms with van der Waals surface area (Å²) in [6.45, 7) is 1.08. The lowest BCUT2D eigenvalue weighted by atomic mass is 10.1. The number of halogens is 6. The number of ether oxygens (including phenoxy) is 1. The molecule has 12 heteroatoms. The van der Waals surface area contributed by atoms with Crippen LogP contribution in [-0.4, -0.2) is 27.2 Å². The van der Waals surface area contributed by atoms with E-state index in [0.717, 1.165) is 0 Å². The van der Waals surface area contributed by atoms with Crippen molar-refractivity contribution in [3.8, 4) is 11.3 Å². The number of hydrogen-bond acceptors (Lipinski definition) is 4. The molecular formula is C16H9F6N3O3. The SMILES string of the molecule is CCOC(=O)c1c(C(F)(F)F)[nH]n2c(=O)cc(-c3cc(F)c(F)cc3F)nc12. The van der Waals surface area contributed by atoms with Crippen LogP contribution in [0.3, 0.4) is 0 Å². The lowest BCUT2D eigenvalue weighted by Crippen LogP contribution is -2.16. The molecule has 3 rings (SSSR count). The Hall–Kier alpha value is -3.31. The molecule has 0 aliphatic carbocycles. The van der Waals surface area contributed by atoms with Crippen molar-refractivity contribution < 1.29 is 35.9 Å². The van der Waals surface area contributed by atoms with Gasteiger partial charge in [0, 0.05) is 17.7 Å². The Morgan fingerprint density at radius 1 is 1.14 bits per heavy atom. The van der Waals surface area contributed by atoms with Gasteiger partial charge in [0.15, 0.2) is 23.0 Å². The van der Waals surface area contributed by atoms with E-state index in [4.69, 9.17) is 0 Å². The Bertz CT molecular complexity index is 1150. The lowest BCUT2D eigenvalue weighted by Gasteiger charge is -2.07. The molecule has 6 nitrogen and oxygen atoms in total. The number of carbonyl (C=O) groups is 1. The van der Waals surface area contributed by atoms with E-state index in [1.54, 1.807) is 5.10 Å². The first-order valence-electron chi connectivity index (χ1n) is 7.59. The molecular weight excluding hydrogens is 396 g/mol. The van der Waals surface area contributed by atoms with Crippen molar-refractivity contribution in [2.24, 2.45) is 0 Å². The molecule has 0 radical (unpaired) electrons. The molecule has 1 aromatic carbocycles. The van der Waals surface area contributed by atoms with Crippen LogP contribution in [-0.2, 0) is 10.9 Å². The highest BCUT2D eigenvalue weighted by atomic mass is 19.4. The highest BCUT2D eigenvalue weighted by Gasteiger charge is 2.40. The number of nitrogens with zero attached hydrogens (tertiary/aromatic N) is 2. The Morgan fingerprint density at radius 3 is 2.39 bits per heavy atom. The summed E-state index contributed by atoms with van der Waals surface area (Å²) in [4.78, 5) is 27.9. The summed E-state index contributed by atoms with van der Waals surface area (Å²) >= 11 is 0. The number of nitrogens with one attached hydrogen (secondary N) is 1. The van der Waals surface area contributed by atoms with Crippen molar-refractivity contribution in [1.29, 1.82) is 0 Å². The molecule has 28 heavy (non-hydrogen) atoms. The smallest absolute Gasteiger partial charge is 0.433 e. The second-order valence-corrected chi connectivity index (χ2v) is 5.46. The minimum absolute atomic E-state index is 0.193. The van der Waals surface area contributed by atoms with Crippen molar-refractivity contribution in [2.75, 3.05) is 6.61 Å². The van der Waals surface area contributed by atoms with E-state index in [2.05, 4.69) is 9.72 Å². The number of H-pyrrole nitrogens is 1. The second-order valence-electron chi connectivity index (χ2n) is 5.46. The van der Waals surface area contributed by atoms with Crippen molar-refractivity contribution >= 4 is 11.6 Å². The first-order chi connectivity index (χ1) is 13.0. The summed E-state index contributed by atoms with van der Waals surface area (Å²) in [5.41, 5.74) is -5.93. The van der Waals surface area contributed by atoms with E-state index >= 15 is 0 Å². The van der Waals surface area contributed by atoms with Gasteiger partial charge in [-0.3, -0.25) is 9.89 Å². The number of carbonyl (C=O) groups excluding carboxylic acids is 1. The van der Waals surface area contributed by atoms with Gasteiger partial charge in [0.2, 0.25) is 0 Å². The molecule has 0 bridgehead atoms. The van der Waals surface area contributed by atoms with Gasteiger partial charge in [-0.2, -0.15) is 13.2 Å². The average Bonchev–Trinajstić information content (AvgIpc) is 2.99. The number of benzene rings is 1. The third-order valence-electron chi connectivity index (χ3n) is 3.66. The zero-order valence-electron chi connectivity index (χ0n) is 13.8. The summed E-state index contributed by atoms with van der Waals surface area (Å²) in [7, 11) is 0. The number of hydrogen-bond donors (Lipinski definition) is 1. The molecule has 0 aliphatic heterocycles. The third-order valence-corrected chi connectivity index (χ3v) is 3.66. The first-order valence-corrected chi connectivity index (χ1v) is 7.59. The quantitative estimate of drug-likeness (QED) is 0.412. The number of alkyl halides is 3. The van der Waals surface area contributed by atoms with E-state index in [1.165, 1.54) is 6.92 Å². The standard InChI is InChI=1S/C16H9F6N3O3/c1-2-28-15(27)12-13(16(20,21)22)24-25-11(26)5-10(23-14(12)25)6-3-8(18)9(19)4-7(6)17/h3-5,24H,2H2,1H3. The zero-order valence-corrected chi connectivity index (χ0v) is 13.8.